The first kappa shape index (κ1) is 18.6. The number of rotatable bonds is 5. The van der Waals surface area contributed by atoms with Crippen LogP contribution in [-0.2, 0) is 14.3 Å². The molecule has 4 rings (SSSR count). The van der Waals surface area contributed by atoms with Gasteiger partial charge in [-0.05, 0) is 24.8 Å². The van der Waals surface area contributed by atoms with Crippen molar-refractivity contribution in [3.8, 4) is 0 Å². The molecule has 0 radical (unpaired) electrons. The van der Waals surface area contributed by atoms with Crippen molar-refractivity contribution in [1.82, 2.24) is 5.16 Å². The zero-order valence-corrected chi connectivity index (χ0v) is 15.4. The fourth-order valence-electron chi connectivity index (χ4n) is 3.89. The van der Waals surface area contributed by atoms with Gasteiger partial charge in [-0.25, -0.2) is 4.39 Å². The van der Waals surface area contributed by atoms with Gasteiger partial charge in [0.05, 0.1) is 18.6 Å². The summed E-state index contributed by atoms with van der Waals surface area (Å²) in [7, 11) is 0. The minimum Gasteiger partial charge on any atom is -0.364 e. The van der Waals surface area contributed by atoms with Crippen LogP contribution in [-0.4, -0.2) is 29.5 Å². The van der Waals surface area contributed by atoms with Crippen molar-refractivity contribution in [3.05, 3.63) is 23.3 Å². The number of hydrogen-bond donors (Lipinski definition) is 2. The molecule has 2 aliphatic rings. The van der Waals surface area contributed by atoms with Crippen LogP contribution in [0.15, 0.2) is 10.6 Å². The number of halogens is 2. The normalized spacial score (nSPS) is 23.8. The number of benzene rings is 1. The number of hydrogen-bond acceptors (Lipinski definition) is 6. The van der Waals surface area contributed by atoms with Crippen LogP contribution in [0.5, 0.6) is 0 Å². The van der Waals surface area contributed by atoms with Crippen LogP contribution in [0.25, 0.3) is 11.0 Å². The number of nitrogens with one attached hydrogen (secondary N) is 1. The van der Waals surface area contributed by atoms with E-state index in [9.17, 15) is 13.6 Å². The Morgan fingerprint density at radius 1 is 1.22 bits per heavy atom. The Hall–Kier alpha value is -1.71. The summed E-state index contributed by atoms with van der Waals surface area (Å²) in [6.45, 7) is 0.639. The molecule has 2 atom stereocenters. The molecule has 1 aromatic carbocycles. The smallest absolute Gasteiger partial charge is 0.207 e. The van der Waals surface area contributed by atoms with Gasteiger partial charge in [0.2, 0.25) is 11.4 Å². The van der Waals surface area contributed by atoms with E-state index >= 15 is 0 Å². The lowest BCUT2D eigenvalue weighted by atomic mass is 9.82. The quantitative estimate of drug-likeness (QED) is 0.743. The molecule has 9 heteroatoms. The Morgan fingerprint density at radius 3 is 2.70 bits per heavy atom. The lowest BCUT2D eigenvalue weighted by molar-refractivity contribution is -0.111. The monoisotopic (exact) mass is 398 g/mol. The maximum Gasteiger partial charge on any atom is 0.207 e. The number of carbonyl (C=O) groups excluding carboxylic acids is 1. The van der Waals surface area contributed by atoms with Crippen molar-refractivity contribution in [3.63, 3.8) is 0 Å². The van der Waals surface area contributed by atoms with Gasteiger partial charge in [-0.2, -0.15) is 4.39 Å². The van der Waals surface area contributed by atoms with E-state index in [0.29, 0.717) is 30.8 Å². The summed E-state index contributed by atoms with van der Waals surface area (Å²) in [6.07, 6.45) is 3.22. The summed E-state index contributed by atoms with van der Waals surface area (Å²) >= 11 is 3.89. The molecule has 0 unspecified atom stereocenters. The Balaban J connectivity index is 1.66. The number of fused-ring (bicyclic) bond motifs is 1. The Morgan fingerprint density at radius 2 is 1.96 bits per heavy atom. The molecule has 1 saturated heterocycles. The van der Waals surface area contributed by atoms with Crippen LogP contribution < -0.4 is 5.32 Å². The predicted octanol–water partition coefficient (Wildman–Crippen LogP) is 3.97. The van der Waals surface area contributed by atoms with Crippen LogP contribution in [0.1, 0.15) is 44.0 Å². The highest BCUT2D eigenvalue weighted by molar-refractivity contribution is 7.96. The SMILES string of the molecule is O=C(S)C[C@@H]1CCCC[C@H]1Nc1noc2c(F)c(F)c(C3OCCO3)cc12. The van der Waals surface area contributed by atoms with Gasteiger partial charge in [0.25, 0.3) is 0 Å². The van der Waals surface area contributed by atoms with Crippen molar-refractivity contribution >= 4 is 34.5 Å². The molecule has 146 valence electrons. The second kappa shape index (κ2) is 7.73. The van der Waals surface area contributed by atoms with Crippen LogP contribution in [0.3, 0.4) is 0 Å². The van der Waals surface area contributed by atoms with Crippen LogP contribution >= 0.6 is 12.6 Å². The molecule has 2 fully saturated rings. The van der Waals surface area contributed by atoms with Crippen molar-refractivity contribution in [2.45, 2.75) is 44.4 Å². The number of ether oxygens (including phenoxy) is 2. The summed E-state index contributed by atoms with van der Waals surface area (Å²) in [5.41, 5.74) is -0.274. The molecule has 1 aromatic heterocycles. The van der Waals surface area contributed by atoms with Gasteiger partial charge < -0.3 is 19.3 Å². The Labute approximate surface area is 160 Å². The highest BCUT2D eigenvalue weighted by Gasteiger charge is 2.31. The zero-order valence-electron chi connectivity index (χ0n) is 14.5. The Bertz CT molecular complexity index is 853. The van der Waals surface area contributed by atoms with E-state index in [-0.39, 0.29) is 28.2 Å². The molecule has 2 aromatic rings. The standard InChI is InChI=1S/C18H20F2N2O4S/c19-14-10(18-24-5-6-25-18)8-11-16(15(14)20)26-22-17(11)21-12-4-2-1-3-9(12)7-13(23)27/h8-9,12,18H,1-7H2,(H,21,22)(H,23,27)/t9-,12+/m0/s1. The first-order valence-electron chi connectivity index (χ1n) is 9.03. The molecule has 1 aliphatic heterocycles. The average Bonchev–Trinajstić information content (AvgIpc) is 3.29. The lowest BCUT2D eigenvalue weighted by Gasteiger charge is -2.31. The van der Waals surface area contributed by atoms with Gasteiger partial charge >= 0.3 is 0 Å². The minimum atomic E-state index is -1.12. The van der Waals surface area contributed by atoms with Crippen molar-refractivity contribution in [2.24, 2.45) is 5.92 Å². The molecule has 0 bridgehead atoms. The zero-order chi connectivity index (χ0) is 19.0. The second-order valence-electron chi connectivity index (χ2n) is 6.97. The average molecular weight is 398 g/mol. The van der Waals surface area contributed by atoms with E-state index in [1.807, 2.05) is 0 Å². The molecule has 0 amide bonds. The minimum absolute atomic E-state index is 0.0151. The highest BCUT2D eigenvalue weighted by Crippen LogP contribution is 2.36. The third kappa shape index (κ3) is 3.68. The van der Waals surface area contributed by atoms with Crippen LogP contribution in [0, 0.1) is 17.6 Å². The summed E-state index contributed by atoms with van der Waals surface area (Å²) < 4.78 is 44.5. The van der Waals surface area contributed by atoms with Gasteiger partial charge in [0.1, 0.15) is 0 Å². The molecule has 2 heterocycles. The second-order valence-corrected chi connectivity index (χ2v) is 7.47. The molecule has 0 spiro atoms. The van der Waals surface area contributed by atoms with Gasteiger partial charge in [-0.1, -0.05) is 18.0 Å². The summed E-state index contributed by atoms with van der Waals surface area (Å²) in [6, 6.07) is 1.43. The number of anilines is 1. The summed E-state index contributed by atoms with van der Waals surface area (Å²) in [5, 5.41) is 7.32. The van der Waals surface area contributed by atoms with Crippen LogP contribution in [0.2, 0.25) is 0 Å². The number of carbonyl (C=O) groups is 1. The molecule has 1 N–H and O–H groups in total. The number of aromatic nitrogens is 1. The van der Waals surface area contributed by atoms with Gasteiger partial charge in [-0.15, -0.1) is 12.6 Å². The van der Waals surface area contributed by atoms with Crippen molar-refractivity contribution in [2.75, 3.05) is 18.5 Å². The van der Waals surface area contributed by atoms with Crippen molar-refractivity contribution in [1.29, 1.82) is 0 Å². The largest absolute Gasteiger partial charge is 0.364 e. The molecular weight excluding hydrogens is 378 g/mol. The first-order valence-corrected chi connectivity index (χ1v) is 9.48. The Kier molecular flexibility index (Phi) is 5.34. The third-order valence-electron chi connectivity index (χ3n) is 5.22. The maximum atomic E-state index is 14.5. The van der Waals surface area contributed by atoms with E-state index in [0.717, 1.165) is 25.7 Å². The number of thiol groups is 1. The molecule has 6 nitrogen and oxygen atoms in total. The van der Waals surface area contributed by atoms with E-state index in [1.165, 1.54) is 6.07 Å². The van der Waals surface area contributed by atoms with E-state index in [2.05, 4.69) is 23.1 Å². The fraction of sp³-hybridized carbons (Fsp3) is 0.556. The van der Waals surface area contributed by atoms with Gasteiger partial charge in [-0.3, -0.25) is 4.79 Å². The topological polar surface area (TPSA) is 73.6 Å². The molecular formula is C18H20F2N2O4S. The maximum absolute atomic E-state index is 14.5. The van der Waals surface area contributed by atoms with Gasteiger partial charge in [0.15, 0.2) is 23.0 Å². The van der Waals surface area contributed by atoms with E-state index in [4.69, 9.17) is 14.0 Å². The summed E-state index contributed by atoms with van der Waals surface area (Å²) in [4.78, 5) is 11.4. The van der Waals surface area contributed by atoms with E-state index < -0.39 is 17.9 Å². The fourth-order valence-corrected chi connectivity index (χ4v) is 4.12. The van der Waals surface area contributed by atoms with Gasteiger partial charge in [0, 0.05) is 18.0 Å². The highest BCUT2D eigenvalue weighted by atomic mass is 32.1. The van der Waals surface area contributed by atoms with Crippen LogP contribution in [0.4, 0.5) is 14.6 Å². The summed E-state index contributed by atoms with van der Waals surface area (Å²) in [5.74, 6) is -1.74. The van der Waals surface area contributed by atoms with E-state index in [1.54, 1.807) is 0 Å². The predicted molar refractivity (Wildman–Crippen MR) is 96.5 cm³/mol. The third-order valence-corrected chi connectivity index (χ3v) is 5.40. The molecule has 27 heavy (non-hydrogen) atoms. The molecule has 1 saturated carbocycles. The first-order chi connectivity index (χ1) is 13.0. The molecule has 1 aliphatic carbocycles. The lowest BCUT2D eigenvalue weighted by Crippen LogP contribution is -2.33. The number of nitrogens with zero attached hydrogens (tertiary/aromatic N) is 1. The van der Waals surface area contributed by atoms with Crippen molar-refractivity contribution < 1.29 is 27.6 Å².